The van der Waals surface area contributed by atoms with E-state index in [1.54, 1.807) is 0 Å². The second kappa shape index (κ2) is 7.24. The number of hydrogen-bond acceptors (Lipinski definition) is 1. The van der Waals surface area contributed by atoms with Crippen molar-refractivity contribution in [2.45, 2.75) is 25.7 Å². The molecule has 0 radical (unpaired) electrons. The fourth-order valence-corrected chi connectivity index (χ4v) is 1.41. The summed E-state index contributed by atoms with van der Waals surface area (Å²) in [7, 11) is 0. The average Bonchev–Trinajstić information content (AvgIpc) is 2.26. The summed E-state index contributed by atoms with van der Waals surface area (Å²) in [4.78, 5) is 10.1. The largest absolute Gasteiger partial charge is 0.303 e. The normalized spacial score (nSPS) is 10.7. The number of unbranched alkanes of at least 4 members (excludes halogenated alkanes) is 3. The van der Waals surface area contributed by atoms with E-state index in [9.17, 15) is 4.79 Å². The van der Waals surface area contributed by atoms with Gasteiger partial charge in [-0.25, -0.2) is 0 Å². The summed E-state index contributed by atoms with van der Waals surface area (Å²) in [5, 5.41) is 0.762. The Morgan fingerprint density at radius 2 is 1.73 bits per heavy atom. The molecule has 1 aromatic carbocycles. The van der Waals surface area contributed by atoms with Crippen LogP contribution in [0.25, 0.3) is 6.08 Å². The molecule has 15 heavy (non-hydrogen) atoms. The third-order valence-electron chi connectivity index (χ3n) is 2.12. The highest BCUT2D eigenvalue weighted by molar-refractivity contribution is 6.30. The molecule has 2 heteroatoms. The summed E-state index contributed by atoms with van der Waals surface area (Å²) in [6.07, 6.45) is 8.94. The van der Waals surface area contributed by atoms with Gasteiger partial charge in [-0.2, -0.15) is 0 Å². The molecule has 0 saturated carbocycles. The Morgan fingerprint density at radius 3 is 2.40 bits per heavy atom. The van der Waals surface area contributed by atoms with E-state index in [1.807, 2.05) is 24.3 Å². The minimum absolute atomic E-state index is 0.675. The summed E-state index contributed by atoms with van der Waals surface area (Å²) in [6, 6.07) is 7.75. The molecule has 0 bridgehead atoms. The number of hydrogen-bond donors (Lipinski definition) is 0. The summed E-state index contributed by atoms with van der Waals surface area (Å²) in [6.45, 7) is 0. The summed E-state index contributed by atoms with van der Waals surface area (Å²) in [5.41, 5.74) is 1.16. The van der Waals surface area contributed by atoms with E-state index in [-0.39, 0.29) is 0 Å². The SMILES string of the molecule is O=CCCCC/C=C/c1ccc(Cl)cc1. The molecule has 80 valence electrons. The maximum Gasteiger partial charge on any atom is 0.119 e. The van der Waals surface area contributed by atoms with Crippen LogP contribution in [0.15, 0.2) is 30.3 Å². The van der Waals surface area contributed by atoms with Gasteiger partial charge in [-0.3, -0.25) is 0 Å². The predicted molar refractivity (Wildman–Crippen MR) is 65.0 cm³/mol. The maximum atomic E-state index is 10.1. The van der Waals surface area contributed by atoms with Crippen LogP contribution < -0.4 is 0 Å². The molecule has 0 unspecified atom stereocenters. The monoisotopic (exact) mass is 222 g/mol. The molecule has 0 fully saturated rings. The van der Waals surface area contributed by atoms with Gasteiger partial charge in [0, 0.05) is 11.4 Å². The zero-order valence-corrected chi connectivity index (χ0v) is 9.41. The lowest BCUT2D eigenvalue weighted by molar-refractivity contribution is -0.107. The Labute approximate surface area is 95.8 Å². The van der Waals surface area contributed by atoms with Crippen molar-refractivity contribution in [1.29, 1.82) is 0 Å². The molecule has 0 atom stereocenters. The number of benzene rings is 1. The van der Waals surface area contributed by atoms with Gasteiger partial charge in [0.1, 0.15) is 6.29 Å². The molecule has 0 heterocycles. The van der Waals surface area contributed by atoms with E-state index in [0.29, 0.717) is 6.42 Å². The highest BCUT2D eigenvalue weighted by Gasteiger charge is 1.88. The van der Waals surface area contributed by atoms with E-state index >= 15 is 0 Å². The van der Waals surface area contributed by atoms with Crippen molar-refractivity contribution >= 4 is 24.0 Å². The third kappa shape index (κ3) is 5.38. The molecule has 0 aliphatic carbocycles. The standard InChI is InChI=1S/C13H15ClO/c14-13-9-7-12(8-10-13)6-4-2-1-3-5-11-15/h4,6-11H,1-3,5H2/b6-4+. The lowest BCUT2D eigenvalue weighted by atomic mass is 10.1. The average molecular weight is 223 g/mol. The van der Waals surface area contributed by atoms with Gasteiger partial charge in [-0.05, 0) is 37.0 Å². The highest BCUT2D eigenvalue weighted by Crippen LogP contribution is 2.11. The van der Waals surface area contributed by atoms with Crippen LogP contribution in [0.3, 0.4) is 0 Å². The Bertz CT molecular complexity index is 314. The van der Waals surface area contributed by atoms with Crippen molar-refractivity contribution in [3.05, 3.63) is 40.9 Å². The fourth-order valence-electron chi connectivity index (χ4n) is 1.28. The zero-order chi connectivity index (χ0) is 10.9. The van der Waals surface area contributed by atoms with Crippen molar-refractivity contribution in [2.24, 2.45) is 0 Å². The van der Waals surface area contributed by atoms with Crippen LogP contribution in [0, 0.1) is 0 Å². The van der Waals surface area contributed by atoms with Crippen LogP contribution >= 0.6 is 11.6 Å². The van der Waals surface area contributed by atoms with Gasteiger partial charge in [-0.1, -0.05) is 35.9 Å². The lowest BCUT2D eigenvalue weighted by Crippen LogP contribution is -1.76. The van der Waals surface area contributed by atoms with Gasteiger partial charge >= 0.3 is 0 Å². The first-order chi connectivity index (χ1) is 7.33. The molecule has 0 saturated heterocycles. The molecule has 0 amide bonds. The minimum Gasteiger partial charge on any atom is -0.303 e. The predicted octanol–water partition coefficient (Wildman–Crippen LogP) is 4.11. The van der Waals surface area contributed by atoms with Crippen molar-refractivity contribution in [1.82, 2.24) is 0 Å². The molecule has 1 aromatic rings. The van der Waals surface area contributed by atoms with E-state index in [4.69, 9.17) is 11.6 Å². The molecule has 0 aromatic heterocycles. The molecular weight excluding hydrogens is 208 g/mol. The van der Waals surface area contributed by atoms with Crippen LogP contribution in [0.2, 0.25) is 5.02 Å². The van der Waals surface area contributed by atoms with E-state index < -0.39 is 0 Å². The second-order valence-corrected chi connectivity index (χ2v) is 3.84. The smallest absolute Gasteiger partial charge is 0.119 e. The van der Waals surface area contributed by atoms with Crippen molar-refractivity contribution in [2.75, 3.05) is 0 Å². The van der Waals surface area contributed by atoms with E-state index in [1.165, 1.54) is 0 Å². The second-order valence-electron chi connectivity index (χ2n) is 3.41. The van der Waals surface area contributed by atoms with E-state index in [2.05, 4.69) is 12.2 Å². The summed E-state index contributed by atoms with van der Waals surface area (Å²) in [5.74, 6) is 0. The van der Waals surface area contributed by atoms with E-state index in [0.717, 1.165) is 36.1 Å². The lowest BCUT2D eigenvalue weighted by Gasteiger charge is -1.94. The summed E-state index contributed by atoms with van der Waals surface area (Å²) >= 11 is 5.77. The number of halogens is 1. The number of allylic oxidation sites excluding steroid dienone is 1. The number of aldehydes is 1. The topological polar surface area (TPSA) is 17.1 Å². The van der Waals surface area contributed by atoms with Gasteiger partial charge in [0.15, 0.2) is 0 Å². The molecule has 0 spiro atoms. The first-order valence-corrected chi connectivity index (χ1v) is 5.56. The Balaban J connectivity index is 2.25. The molecule has 1 nitrogen and oxygen atoms in total. The van der Waals surface area contributed by atoms with Gasteiger partial charge < -0.3 is 4.79 Å². The van der Waals surface area contributed by atoms with Gasteiger partial charge in [-0.15, -0.1) is 0 Å². The molecular formula is C13H15ClO. The first-order valence-electron chi connectivity index (χ1n) is 5.18. The Hall–Kier alpha value is -1.08. The maximum absolute atomic E-state index is 10.1. The fraction of sp³-hybridized carbons (Fsp3) is 0.308. The van der Waals surface area contributed by atoms with Gasteiger partial charge in [0.05, 0.1) is 0 Å². The van der Waals surface area contributed by atoms with Crippen LogP contribution in [0.4, 0.5) is 0 Å². The van der Waals surface area contributed by atoms with Gasteiger partial charge in [0.25, 0.3) is 0 Å². The van der Waals surface area contributed by atoms with Crippen molar-refractivity contribution < 1.29 is 4.79 Å². The first kappa shape index (κ1) is 12.0. The summed E-state index contributed by atoms with van der Waals surface area (Å²) < 4.78 is 0. The quantitative estimate of drug-likeness (QED) is 0.523. The van der Waals surface area contributed by atoms with Crippen LogP contribution in [0.1, 0.15) is 31.2 Å². The number of carbonyl (C=O) groups is 1. The third-order valence-corrected chi connectivity index (χ3v) is 2.38. The molecule has 0 aliphatic rings. The Kier molecular flexibility index (Phi) is 5.79. The Morgan fingerprint density at radius 1 is 1.07 bits per heavy atom. The molecule has 0 aliphatic heterocycles. The van der Waals surface area contributed by atoms with Gasteiger partial charge in [0.2, 0.25) is 0 Å². The van der Waals surface area contributed by atoms with Crippen LogP contribution in [-0.4, -0.2) is 6.29 Å². The zero-order valence-electron chi connectivity index (χ0n) is 8.66. The minimum atomic E-state index is 0.675. The number of rotatable bonds is 6. The molecule has 0 N–H and O–H groups in total. The van der Waals surface area contributed by atoms with Crippen LogP contribution in [-0.2, 0) is 4.79 Å². The van der Waals surface area contributed by atoms with Crippen LogP contribution in [0.5, 0.6) is 0 Å². The van der Waals surface area contributed by atoms with Crippen molar-refractivity contribution in [3.63, 3.8) is 0 Å². The highest BCUT2D eigenvalue weighted by atomic mass is 35.5. The molecule has 1 rings (SSSR count). The number of carbonyl (C=O) groups excluding carboxylic acids is 1. The van der Waals surface area contributed by atoms with Crippen molar-refractivity contribution in [3.8, 4) is 0 Å².